The molecule has 6 nitrogen and oxygen atoms in total. The van der Waals surface area contributed by atoms with E-state index in [1.165, 1.54) is 32.8 Å². The van der Waals surface area contributed by atoms with Crippen LogP contribution >= 0.6 is 23.2 Å². The van der Waals surface area contributed by atoms with Crippen molar-refractivity contribution < 1.29 is 9.53 Å². The lowest BCUT2D eigenvalue weighted by atomic mass is 10.1. The summed E-state index contributed by atoms with van der Waals surface area (Å²) in [6.07, 6.45) is 11.3. The fourth-order valence-electron chi connectivity index (χ4n) is 2.79. The fraction of sp³-hybridized carbons (Fsp3) is 0.647. The molecule has 2 rings (SSSR count). The second-order valence-corrected chi connectivity index (χ2v) is 6.74. The van der Waals surface area contributed by atoms with Gasteiger partial charge in [-0.15, -0.1) is 0 Å². The largest absolute Gasteiger partial charge is 0.469 e. The van der Waals surface area contributed by atoms with Crippen molar-refractivity contribution in [2.24, 2.45) is 0 Å². The molecule has 0 unspecified atom stereocenters. The molecule has 0 saturated heterocycles. The van der Waals surface area contributed by atoms with Gasteiger partial charge in [0, 0.05) is 13.0 Å². The minimum atomic E-state index is -0.111. The predicted octanol–water partition coefficient (Wildman–Crippen LogP) is 4.82. The number of aromatic nitrogens is 4. The smallest absolute Gasteiger partial charge is 0.305 e. The third-order valence-corrected chi connectivity index (χ3v) is 4.59. The summed E-state index contributed by atoms with van der Waals surface area (Å²) < 4.78 is 6.61. The summed E-state index contributed by atoms with van der Waals surface area (Å²) in [5.74, 6) is -0.111. The minimum absolute atomic E-state index is 0.111. The van der Waals surface area contributed by atoms with Crippen LogP contribution in [-0.4, -0.2) is 32.6 Å². The lowest BCUT2D eigenvalue weighted by Gasteiger charge is -2.05. The van der Waals surface area contributed by atoms with Crippen molar-refractivity contribution in [2.75, 3.05) is 7.11 Å². The number of esters is 1. The summed E-state index contributed by atoms with van der Waals surface area (Å²) in [6, 6.07) is 0. The van der Waals surface area contributed by atoms with Gasteiger partial charge in [-0.3, -0.25) is 4.79 Å². The van der Waals surface area contributed by atoms with Crippen LogP contribution < -0.4 is 0 Å². The Morgan fingerprint density at radius 1 is 1.04 bits per heavy atom. The lowest BCUT2D eigenvalue weighted by molar-refractivity contribution is -0.140. The van der Waals surface area contributed by atoms with Crippen molar-refractivity contribution in [2.45, 2.75) is 64.3 Å². The first kappa shape index (κ1) is 19.9. The average Bonchev–Trinajstić information content (AvgIpc) is 2.99. The Hall–Kier alpha value is -1.40. The molecule has 0 amide bonds. The number of hydrogen-bond donors (Lipinski definition) is 0. The van der Waals surface area contributed by atoms with Crippen LogP contribution in [0.3, 0.4) is 0 Å². The van der Waals surface area contributed by atoms with Gasteiger partial charge in [0.15, 0.2) is 10.8 Å². The second kappa shape index (κ2) is 10.6. The Labute approximate surface area is 157 Å². The molecule has 0 aliphatic carbocycles. The third kappa shape index (κ3) is 6.44. The highest BCUT2D eigenvalue weighted by Gasteiger charge is 2.10. The van der Waals surface area contributed by atoms with Crippen molar-refractivity contribution in [1.82, 2.24) is 19.5 Å². The number of carbonyl (C=O) groups excluding carboxylic acids is 1. The van der Waals surface area contributed by atoms with Gasteiger partial charge in [0.2, 0.25) is 5.28 Å². The number of carbonyl (C=O) groups is 1. The molecule has 0 fully saturated rings. The number of methoxy groups -OCH3 is 1. The maximum Gasteiger partial charge on any atom is 0.305 e. The second-order valence-electron chi connectivity index (χ2n) is 6.05. The molecule has 0 aliphatic heterocycles. The molecule has 8 heteroatoms. The zero-order valence-electron chi connectivity index (χ0n) is 14.5. The highest BCUT2D eigenvalue weighted by Crippen LogP contribution is 2.22. The molecule has 25 heavy (non-hydrogen) atoms. The molecule has 138 valence electrons. The van der Waals surface area contributed by atoms with Gasteiger partial charge in [-0.1, -0.05) is 50.1 Å². The highest BCUT2D eigenvalue weighted by atomic mass is 35.5. The molecule has 0 N–H and O–H groups in total. The van der Waals surface area contributed by atoms with Crippen LogP contribution in [0.4, 0.5) is 0 Å². The van der Waals surface area contributed by atoms with E-state index in [-0.39, 0.29) is 11.3 Å². The first-order valence-electron chi connectivity index (χ1n) is 8.72. The highest BCUT2D eigenvalue weighted by molar-refractivity contribution is 6.35. The van der Waals surface area contributed by atoms with Crippen LogP contribution in [-0.2, 0) is 16.1 Å². The predicted molar refractivity (Wildman–Crippen MR) is 98.9 cm³/mol. The normalized spacial score (nSPS) is 11.2. The standard InChI is InChI=1S/C17H24Cl2N4O2/c1-25-13(24)10-8-6-4-2-3-5-7-9-11-23-12-20-16-14(23)15(18)21-17(19)22-16/h12H,2-11H2,1H3. The number of rotatable bonds is 11. The molecule has 0 saturated carbocycles. The van der Waals surface area contributed by atoms with Crippen LogP contribution in [0.15, 0.2) is 6.33 Å². The van der Waals surface area contributed by atoms with E-state index in [0.717, 1.165) is 37.7 Å². The molecule has 0 radical (unpaired) electrons. The zero-order valence-corrected chi connectivity index (χ0v) is 16.0. The van der Waals surface area contributed by atoms with E-state index in [0.29, 0.717) is 17.2 Å². The maximum absolute atomic E-state index is 11.0. The molecule has 0 spiro atoms. The van der Waals surface area contributed by atoms with Crippen molar-refractivity contribution in [3.8, 4) is 0 Å². The molecule has 0 atom stereocenters. The number of hydrogen-bond acceptors (Lipinski definition) is 5. The number of nitrogens with zero attached hydrogens (tertiary/aromatic N) is 4. The third-order valence-electron chi connectivity index (χ3n) is 4.16. The van der Waals surface area contributed by atoms with Crippen molar-refractivity contribution in [3.05, 3.63) is 16.8 Å². The van der Waals surface area contributed by atoms with Gasteiger partial charge in [-0.05, 0) is 24.4 Å². The van der Waals surface area contributed by atoms with Crippen LogP contribution in [0, 0.1) is 0 Å². The Bertz CT molecular complexity index is 691. The van der Waals surface area contributed by atoms with E-state index in [1.807, 2.05) is 4.57 Å². The zero-order chi connectivity index (χ0) is 18.1. The van der Waals surface area contributed by atoms with Crippen LogP contribution in [0.1, 0.15) is 57.8 Å². The molecule has 0 bridgehead atoms. The van der Waals surface area contributed by atoms with E-state index in [4.69, 9.17) is 23.2 Å². The quantitative estimate of drug-likeness (QED) is 0.239. The summed E-state index contributed by atoms with van der Waals surface area (Å²) in [4.78, 5) is 23.3. The Morgan fingerprint density at radius 3 is 2.36 bits per heavy atom. The first-order valence-corrected chi connectivity index (χ1v) is 9.48. The van der Waals surface area contributed by atoms with E-state index in [1.54, 1.807) is 6.33 Å². The molecule has 0 aromatic carbocycles. The summed E-state index contributed by atoms with van der Waals surface area (Å²) in [7, 11) is 1.44. The molecule has 2 heterocycles. The van der Waals surface area contributed by atoms with Gasteiger partial charge >= 0.3 is 5.97 Å². The molecular weight excluding hydrogens is 363 g/mol. The van der Waals surface area contributed by atoms with Crippen LogP contribution in [0.25, 0.3) is 11.2 Å². The Morgan fingerprint density at radius 2 is 1.68 bits per heavy atom. The Kier molecular flexibility index (Phi) is 8.41. The van der Waals surface area contributed by atoms with Gasteiger partial charge in [0.05, 0.1) is 13.4 Å². The van der Waals surface area contributed by atoms with Crippen molar-refractivity contribution >= 4 is 40.3 Å². The van der Waals surface area contributed by atoms with Crippen molar-refractivity contribution in [1.29, 1.82) is 0 Å². The topological polar surface area (TPSA) is 69.9 Å². The molecular formula is C17H24Cl2N4O2. The Balaban J connectivity index is 1.57. The molecule has 2 aromatic rings. The number of fused-ring (bicyclic) bond motifs is 1. The number of ether oxygens (including phenoxy) is 1. The number of halogens is 2. The number of imidazole rings is 1. The van der Waals surface area contributed by atoms with E-state index < -0.39 is 0 Å². The molecule has 0 aliphatic rings. The molecule has 2 aromatic heterocycles. The summed E-state index contributed by atoms with van der Waals surface area (Å²) >= 11 is 11.9. The minimum Gasteiger partial charge on any atom is -0.469 e. The first-order chi connectivity index (χ1) is 12.1. The van der Waals surface area contributed by atoms with Gasteiger partial charge in [0.1, 0.15) is 5.52 Å². The fourth-order valence-corrected chi connectivity index (χ4v) is 3.28. The van der Waals surface area contributed by atoms with E-state index in [2.05, 4.69) is 19.7 Å². The van der Waals surface area contributed by atoms with E-state index in [9.17, 15) is 4.79 Å². The number of unbranched alkanes of at least 4 members (excludes halogenated alkanes) is 7. The maximum atomic E-state index is 11.0. The van der Waals surface area contributed by atoms with Gasteiger partial charge in [0.25, 0.3) is 0 Å². The van der Waals surface area contributed by atoms with Gasteiger partial charge < -0.3 is 9.30 Å². The number of aryl methyl sites for hydroxylation is 1. The summed E-state index contributed by atoms with van der Waals surface area (Å²) in [5, 5.41) is 0.466. The lowest BCUT2D eigenvalue weighted by Crippen LogP contribution is -1.99. The average molecular weight is 387 g/mol. The van der Waals surface area contributed by atoms with Gasteiger partial charge in [-0.25, -0.2) is 9.97 Å². The van der Waals surface area contributed by atoms with Crippen LogP contribution in [0.2, 0.25) is 10.4 Å². The van der Waals surface area contributed by atoms with Gasteiger partial charge in [-0.2, -0.15) is 4.98 Å². The monoisotopic (exact) mass is 386 g/mol. The SMILES string of the molecule is COC(=O)CCCCCCCCCCn1cnc2nc(Cl)nc(Cl)c21. The van der Waals surface area contributed by atoms with Crippen molar-refractivity contribution in [3.63, 3.8) is 0 Å². The summed E-state index contributed by atoms with van der Waals surface area (Å²) in [6.45, 7) is 0.848. The van der Waals surface area contributed by atoms with Crippen LogP contribution in [0.5, 0.6) is 0 Å². The van der Waals surface area contributed by atoms with E-state index >= 15 is 0 Å². The summed E-state index contributed by atoms with van der Waals surface area (Å²) in [5.41, 5.74) is 1.29.